The maximum Gasteiger partial charge on any atom is 0.264 e. The molecule has 1 amide bonds. The van der Waals surface area contributed by atoms with Crippen molar-refractivity contribution in [3.63, 3.8) is 0 Å². The van der Waals surface area contributed by atoms with Crippen LogP contribution < -0.4 is 10.1 Å². The maximum atomic E-state index is 13.4. The molecular weight excluding hydrogens is 538 g/mol. The number of rotatable bonds is 5. The lowest BCUT2D eigenvalue weighted by Gasteiger charge is -2.10. The number of amidine groups is 1. The minimum atomic E-state index is -0.324. The molecule has 0 atom stereocenters. The molecule has 1 aliphatic rings. The van der Waals surface area contributed by atoms with E-state index < -0.39 is 0 Å². The number of hydrogen-bond acceptors (Lipinski definition) is 4. The molecule has 4 rings (SSSR count). The van der Waals surface area contributed by atoms with E-state index in [4.69, 9.17) is 27.9 Å². The summed E-state index contributed by atoms with van der Waals surface area (Å²) >= 11 is 16.8. The third-order valence-corrected chi connectivity index (χ3v) is 6.56. The van der Waals surface area contributed by atoms with Gasteiger partial charge < -0.3 is 10.1 Å². The number of carbonyl (C=O) groups excluding carboxylic acids is 1. The van der Waals surface area contributed by atoms with E-state index in [-0.39, 0.29) is 18.3 Å². The zero-order valence-electron chi connectivity index (χ0n) is 16.2. The van der Waals surface area contributed by atoms with Gasteiger partial charge in [-0.2, -0.15) is 0 Å². The summed E-state index contributed by atoms with van der Waals surface area (Å²) < 4.78 is 20.2. The highest BCUT2D eigenvalue weighted by atomic mass is 79.9. The van der Waals surface area contributed by atoms with E-state index in [2.05, 4.69) is 26.2 Å². The summed E-state index contributed by atoms with van der Waals surface area (Å²) in [5.41, 5.74) is 1.85. The molecule has 1 saturated heterocycles. The fourth-order valence-electron chi connectivity index (χ4n) is 2.86. The van der Waals surface area contributed by atoms with Gasteiger partial charge in [0, 0.05) is 10.0 Å². The van der Waals surface area contributed by atoms with Crippen LogP contribution in [0.5, 0.6) is 5.75 Å². The lowest BCUT2D eigenvalue weighted by molar-refractivity contribution is -0.115. The van der Waals surface area contributed by atoms with Crippen molar-refractivity contribution in [2.45, 2.75) is 6.61 Å². The molecule has 0 aromatic heterocycles. The number of ether oxygens (including phenoxy) is 1. The van der Waals surface area contributed by atoms with E-state index in [1.54, 1.807) is 42.5 Å². The van der Waals surface area contributed by atoms with Crippen LogP contribution >= 0.6 is 50.9 Å². The van der Waals surface area contributed by atoms with Crippen molar-refractivity contribution in [3.8, 4) is 5.75 Å². The van der Waals surface area contributed by atoms with E-state index >= 15 is 0 Å². The topological polar surface area (TPSA) is 50.7 Å². The average Bonchev–Trinajstić information content (AvgIpc) is 3.09. The number of benzene rings is 3. The predicted octanol–water partition coefficient (Wildman–Crippen LogP) is 7.37. The highest BCUT2D eigenvalue weighted by Gasteiger charge is 2.25. The SMILES string of the molecule is O=C1NC(=Nc2cccc(Cl)c2Cl)S/C1=C/c1cc(Br)ccc1OCc1cccc(F)c1. The fraction of sp³-hybridized carbons (Fsp3) is 0.0435. The first-order valence-electron chi connectivity index (χ1n) is 9.29. The molecule has 1 N–H and O–H groups in total. The Morgan fingerprint density at radius 1 is 1.12 bits per heavy atom. The summed E-state index contributed by atoms with van der Waals surface area (Å²) in [4.78, 5) is 17.3. The largest absolute Gasteiger partial charge is 0.488 e. The van der Waals surface area contributed by atoms with Gasteiger partial charge in [-0.15, -0.1) is 0 Å². The Balaban J connectivity index is 1.58. The first kappa shape index (κ1) is 22.9. The van der Waals surface area contributed by atoms with Crippen LogP contribution in [0.3, 0.4) is 0 Å². The minimum absolute atomic E-state index is 0.189. The molecule has 3 aromatic carbocycles. The van der Waals surface area contributed by atoms with Gasteiger partial charge in [0.15, 0.2) is 5.17 Å². The van der Waals surface area contributed by atoms with Gasteiger partial charge in [0.2, 0.25) is 0 Å². The first-order valence-corrected chi connectivity index (χ1v) is 11.7. The number of nitrogens with one attached hydrogen (secondary N) is 1. The van der Waals surface area contributed by atoms with Gasteiger partial charge in [-0.3, -0.25) is 4.79 Å². The third-order valence-electron chi connectivity index (χ3n) is 4.35. The van der Waals surface area contributed by atoms with E-state index in [1.807, 2.05) is 12.1 Å². The van der Waals surface area contributed by atoms with Crippen molar-refractivity contribution in [2.75, 3.05) is 0 Å². The molecule has 1 heterocycles. The molecule has 0 aliphatic carbocycles. The van der Waals surface area contributed by atoms with Gasteiger partial charge >= 0.3 is 0 Å². The number of halogens is 4. The van der Waals surface area contributed by atoms with Gasteiger partial charge in [0.05, 0.1) is 20.6 Å². The molecule has 162 valence electrons. The van der Waals surface area contributed by atoms with Crippen LogP contribution in [-0.2, 0) is 11.4 Å². The first-order chi connectivity index (χ1) is 15.4. The molecule has 9 heteroatoms. The minimum Gasteiger partial charge on any atom is -0.488 e. The average molecular weight is 552 g/mol. The van der Waals surface area contributed by atoms with Crippen molar-refractivity contribution in [3.05, 3.63) is 97.0 Å². The summed E-state index contributed by atoms with van der Waals surface area (Å²) in [6.45, 7) is 0.189. The molecule has 0 unspecified atom stereocenters. The van der Waals surface area contributed by atoms with Crippen LogP contribution in [-0.4, -0.2) is 11.1 Å². The molecule has 1 aliphatic heterocycles. The number of aliphatic imine (C=N–C) groups is 1. The van der Waals surface area contributed by atoms with Crippen LogP contribution in [0.15, 0.2) is 75.0 Å². The number of hydrogen-bond donors (Lipinski definition) is 1. The van der Waals surface area contributed by atoms with E-state index in [1.165, 1.54) is 23.9 Å². The number of nitrogens with zero attached hydrogens (tertiary/aromatic N) is 1. The molecule has 0 saturated carbocycles. The standard InChI is InChI=1S/C23H14BrCl2FN2O2S/c24-15-7-8-19(31-12-13-3-1-4-16(27)9-13)14(10-15)11-20-22(30)29-23(32-20)28-18-6-2-5-17(25)21(18)26/h1-11H,12H2,(H,28,29,30)/b20-11+. The zero-order valence-corrected chi connectivity index (χ0v) is 20.2. The monoisotopic (exact) mass is 550 g/mol. The van der Waals surface area contributed by atoms with Crippen LogP contribution in [0.2, 0.25) is 10.0 Å². The number of carbonyl (C=O) groups is 1. The van der Waals surface area contributed by atoms with Crippen molar-refractivity contribution >= 4 is 73.7 Å². The quantitative estimate of drug-likeness (QED) is 0.337. The van der Waals surface area contributed by atoms with Gasteiger partial charge in [-0.05, 0) is 65.9 Å². The fourth-order valence-corrected chi connectivity index (χ4v) is 4.40. The second-order valence-corrected chi connectivity index (χ2v) is 9.39. The van der Waals surface area contributed by atoms with Gasteiger partial charge in [0.1, 0.15) is 18.2 Å². The van der Waals surface area contributed by atoms with Crippen molar-refractivity contribution in [2.24, 2.45) is 4.99 Å². The van der Waals surface area contributed by atoms with Crippen LogP contribution in [0.1, 0.15) is 11.1 Å². The van der Waals surface area contributed by atoms with Crippen molar-refractivity contribution < 1.29 is 13.9 Å². The van der Waals surface area contributed by atoms with E-state index in [9.17, 15) is 9.18 Å². The molecule has 0 bridgehead atoms. The summed E-state index contributed by atoms with van der Waals surface area (Å²) in [5, 5.41) is 3.81. The van der Waals surface area contributed by atoms with Gasteiger partial charge in [-0.1, -0.05) is 57.3 Å². The highest BCUT2D eigenvalue weighted by molar-refractivity contribution is 9.10. The summed E-state index contributed by atoms with van der Waals surface area (Å²) in [6, 6.07) is 16.8. The van der Waals surface area contributed by atoms with Gasteiger partial charge in [0.25, 0.3) is 5.91 Å². The normalized spacial score (nSPS) is 15.9. The molecular formula is C23H14BrCl2FN2O2S. The molecule has 1 fully saturated rings. The third kappa shape index (κ3) is 5.53. The van der Waals surface area contributed by atoms with Gasteiger partial charge in [-0.25, -0.2) is 9.38 Å². The Kier molecular flexibility index (Phi) is 7.20. The Hall–Kier alpha value is -2.32. The maximum absolute atomic E-state index is 13.4. The molecule has 3 aromatic rings. The number of amides is 1. The summed E-state index contributed by atoms with van der Waals surface area (Å²) in [6.07, 6.45) is 1.72. The Bertz CT molecular complexity index is 1270. The second kappa shape index (κ2) is 10.1. The van der Waals surface area contributed by atoms with E-state index in [0.717, 1.165) is 4.47 Å². The Morgan fingerprint density at radius 3 is 2.75 bits per heavy atom. The van der Waals surface area contributed by atoms with Crippen LogP contribution in [0.4, 0.5) is 10.1 Å². The Labute approximate surface area is 206 Å². The van der Waals surface area contributed by atoms with Crippen molar-refractivity contribution in [1.29, 1.82) is 0 Å². The smallest absolute Gasteiger partial charge is 0.264 e. The van der Waals surface area contributed by atoms with E-state index in [0.29, 0.717) is 42.7 Å². The van der Waals surface area contributed by atoms with Crippen molar-refractivity contribution in [1.82, 2.24) is 5.32 Å². The zero-order chi connectivity index (χ0) is 22.7. The summed E-state index contributed by atoms with van der Waals surface area (Å²) in [7, 11) is 0. The molecule has 0 spiro atoms. The molecule has 0 radical (unpaired) electrons. The Morgan fingerprint density at radius 2 is 1.94 bits per heavy atom. The van der Waals surface area contributed by atoms with Crippen LogP contribution in [0, 0.1) is 5.82 Å². The summed E-state index contributed by atoms with van der Waals surface area (Å²) in [5.74, 6) is -0.0560. The predicted molar refractivity (Wildman–Crippen MR) is 132 cm³/mol. The van der Waals surface area contributed by atoms with Crippen LogP contribution in [0.25, 0.3) is 6.08 Å². The molecule has 4 nitrogen and oxygen atoms in total. The second-order valence-electron chi connectivity index (χ2n) is 6.66. The lowest BCUT2D eigenvalue weighted by atomic mass is 10.1. The number of thioether (sulfide) groups is 1. The lowest BCUT2D eigenvalue weighted by Crippen LogP contribution is -2.19. The molecule has 32 heavy (non-hydrogen) atoms. The highest BCUT2D eigenvalue weighted by Crippen LogP contribution is 2.35.